The second kappa shape index (κ2) is 8.05. The van der Waals surface area contributed by atoms with Crippen LogP contribution in [0.3, 0.4) is 0 Å². The summed E-state index contributed by atoms with van der Waals surface area (Å²) in [7, 11) is 3.12. The monoisotopic (exact) mass is 188 g/mol. The fourth-order valence-electron chi connectivity index (χ4n) is 1.38. The molecule has 0 amide bonds. The summed E-state index contributed by atoms with van der Waals surface area (Å²) in [5, 5.41) is 0. The maximum absolute atomic E-state index is 10.9. The molecule has 3 heteroatoms. The van der Waals surface area contributed by atoms with Gasteiger partial charge in [0.05, 0.1) is 7.11 Å². The molecule has 78 valence electrons. The van der Waals surface area contributed by atoms with Gasteiger partial charge in [-0.2, -0.15) is 0 Å². The van der Waals surface area contributed by atoms with Gasteiger partial charge >= 0.3 is 5.97 Å². The summed E-state index contributed by atoms with van der Waals surface area (Å²) in [4.78, 5) is 10.9. The molecule has 0 aromatic carbocycles. The number of carbonyl (C=O) groups is 1. The molecule has 0 rings (SSSR count). The molecule has 0 aliphatic carbocycles. The van der Waals surface area contributed by atoms with Gasteiger partial charge in [-0.1, -0.05) is 13.3 Å². The van der Waals surface area contributed by atoms with Gasteiger partial charge in [-0.15, -0.1) is 0 Å². The lowest BCUT2D eigenvalue weighted by Gasteiger charge is -2.13. The average Bonchev–Trinajstić information content (AvgIpc) is 2.14. The van der Waals surface area contributed by atoms with Crippen molar-refractivity contribution in [1.29, 1.82) is 0 Å². The van der Waals surface area contributed by atoms with Gasteiger partial charge in [0.15, 0.2) is 0 Å². The lowest BCUT2D eigenvalue weighted by Crippen LogP contribution is -2.11. The smallest absolute Gasteiger partial charge is 0.305 e. The second-order valence-corrected chi connectivity index (χ2v) is 3.22. The number of carbonyl (C=O) groups excluding carboxylic acids is 1. The molecule has 1 atom stereocenters. The first-order chi connectivity index (χ1) is 6.24. The summed E-state index contributed by atoms with van der Waals surface area (Å²) in [6, 6.07) is 0. The number of hydrogen-bond donors (Lipinski definition) is 0. The predicted octanol–water partition coefficient (Wildman–Crippen LogP) is 2.00. The lowest BCUT2D eigenvalue weighted by molar-refractivity contribution is -0.141. The highest BCUT2D eigenvalue weighted by Gasteiger charge is 2.10. The predicted molar refractivity (Wildman–Crippen MR) is 51.5 cm³/mol. The van der Waals surface area contributed by atoms with E-state index in [0.29, 0.717) is 12.3 Å². The van der Waals surface area contributed by atoms with Gasteiger partial charge in [0.1, 0.15) is 0 Å². The van der Waals surface area contributed by atoms with Gasteiger partial charge in [-0.25, -0.2) is 0 Å². The van der Waals surface area contributed by atoms with E-state index in [-0.39, 0.29) is 5.97 Å². The lowest BCUT2D eigenvalue weighted by atomic mass is 9.99. The molecule has 3 nitrogen and oxygen atoms in total. The molecule has 13 heavy (non-hydrogen) atoms. The Morgan fingerprint density at radius 1 is 1.31 bits per heavy atom. The van der Waals surface area contributed by atoms with Crippen molar-refractivity contribution in [1.82, 2.24) is 0 Å². The van der Waals surface area contributed by atoms with Crippen molar-refractivity contribution in [3.63, 3.8) is 0 Å². The van der Waals surface area contributed by atoms with Gasteiger partial charge in [-0.3, -0.25) is 4.79 Å². The summed E-state index contributed by atoms with van der Waals surface area (Å²) in [6.07, 6.45) is 3.62. The van der Waals surface area contributed by atoms with E-state index in [1.165, 1.54) is 7.11 Å². The minimum absolute atomic E-state index is 0.128. The Morgan fingerprint density at radius 3 is 2.46 bits per heavy atom. The van der Waals surface area contributed by atoms with Crippen LogP contribution in [0, 0.1) is 5.92 Å². The fraction of sp³-hybridized carbons (Fsp3) is 0.900. The van der Waals surface area contributed by atoms with Gasteiger partial charge in [0.25, 0.3) is 0 Å². The average molecular weight is 188 g/mol. The first kappa shape index (κ1) is 12.4. The highest BCUT2D eigenvalue weighted by molar-refractivity contribution is 5.69. The van der Waals surface area contributed by atoms with E-state index >= 15 is 0 Å². The Hall–Kier alpha value is -0.570. The van der Waals surface area contributed by atoms with Crippen LogP contribution in [-0.2, 0) is 14.3 Å². The fourth-order valence-corrected chi connectivity index (χ4v) is 1.38. The van der Waals surface area contributed by atoms with E-state index in [1.54, 1.807) is 7.11 Å². The van der Waals surface area contributed by atoms with Crippen LogP contribution in [0.2, 0.25) is 0 Å². The zero-order valence-electron chi connectivity index (χ0n) is 8.84. The molecule has 0 unspecified atom stereocenters. The Balaban J connectivity index is 3.61. The first-order valence-electron chi connectivity index (χ1n) is 4.80. The molecule has 0 aromatic rings. The molecule has 0 fully saturated rings. The Kier molecular flexibility index (Phi) is 7.69. The summed E-state index contributed by atoms with van der Waals surface area (Å²) in [5.41, 5.74) is 0. The van der Waals surface area contributed by atoms with Crippen molar-refractivity contribution in [3.05, 3.63) is 0 Å². The second-order valence-electron chi connectivity index (χ2n) is 3.22. The van der Waals surface area contributed by atoms with E-state index in [0.717, 1.165) is 25.9 Å². The van der Waals surface area contributed by atoms with Gasteiger partial charge in [0, 0.05) is 20.1 Å². The number of esters is 1. The van der Waals surface area contributed by atoms with E-state index < -0.39 is 0 Å². The van der Waals surface area contributed by atoms with Crippen LogP contribution < -0.4 is 0 Å². The van der Waals surface area contributed by atoms with Crippen LogP contribution in [-0.4, -0.2) is 26.8 Å². The minimum Gasteiger partial charge on any atom is -0.469 e. The Morgan fingerprint density at radius 2 is 2.00 bits per heavy atom. The van der Waals surface area contributed by atoms with Crippen molar-refractivity contribution >= 4 is 5.97 Å². The summed E-state index contributed by atoms with van der Waals surface area (Å²) >= 11 is 0. The molecule has 0 saturated carbocycles. The van der Waals surface area contributed by atoms with Crippen LogP contribution in [0.5, 0.6) is 0 Å². The molecule has 0 aliphatic rings. The van der Waals surface area contributed by atoms with Crippen molar-refractivity contribution in [2.45, 2.75) is 32.6 Å². The molecule has 0 spiro atoms. The third-order valence-corrected chi connectivity index (χ3v) is 2.08. The minimum atomic E-state index is -0.128. The SMILES string of the molecule is CCC[C@H](CCC(=O)OC)COC. The zero-order valence-corrected chi connectivity index (χ0v) is 8.84. The quantitative estimate of drug-likeness (QED) is 0.573. The van der Waals surface area contributed by atoms with Crippen LogP contribution >= 0.6 is 0 Å². The highest BCUT2D eigenvalue weighted by atomic mass is 16.5. The third-order valence-electron chi connectivity index (χ3n) is 2.08. The molecule has 0 heterocycles. The van der Waals surface area contributed by atoms with Crippen molar-refractivity contribution in [2.75, 3.05) is 20.8 Å². The topological polar surface area (TPSA) is 35.5 Å². The summed E-state index contributed by atoms with van der Waals surface area (Å²) in [5.74, 6) is 0.367. The molecular formula is C10H20O3. The standard InChI is InChI=1S/C10H20O3/c1-4-5-9(8-12-2)6-7-10(11)13-3/h9H,4-8H2,1-3H3/t9-/m1/s1. The summed E-state index contributed by atoms with van der Waals surface area (Å²) in [6.45, 7) is 2.88. The van der Waals surface area contributed by atoms with Gasteiger partial charge in [-0.05, 0) is 18.8 Å². The van der Waals surface area contributed by atoms with Crippen molar-refractivity contribution in [3.8, 4) is 0 Å². The summed E-state index contributed by atoms with van der Waals surface area (Å²) < 4.78 is 9.65. The van der Waals surface area contributed by atoms with Crippen molar-refractivity contribution < 1.29 is 14.3 Å². The third kappa shape index (κ3) is 6.58. The van der Waals surface area contributed by atoms with Gasteiger partial charge in [0.2, 0.25) is 0 Å². The number of rotatable bonds is 7. The molecule has 0 aromatic heterocycles. The van der Waals surface area contributed by atoms with Crippen molar-refractivity contribution in [2.24, 2.45) is 5.92 Å². The Bertz CT molecular complexity index is 128. The van der Waals surface area contributed by atoms with Crippen LogP contribution in [0.25, 0.3) is 0 Å². The van der Waals surface area contributed by atoms with E-state index in [2.05, 4.69) is 11.7 Å². The van der Waals surface area contributed by atoms with Crippen LogP contribution in [0.15, 0.2) is 0 Å². The molecule has 0 bridgehead atoms. The first-order valence-corrected chi connectivity index (χ1v) is 4.80. The van der Waals surface area contributed by atoms with E-state index in [9.17, 15) is 4.79 Å². The molecule has 0 N–H and O–H groups in total. The van der Waals surface area contributed by atoms with Crippen LogP contribution in [0.4, 0.5) is 0 Å². The van der Waals surface area contributed by atoms with E-state index in [1.807, 2.05) is 0 Å². The molecule has 0 radical (unpaired) electrons. The Labute approximate surface area is 80.4 Å². The largest absolute Gasteiger partial charge is 0.469 e. The number of hydrogen-bond acceptors (Lipinski definition) is 3. The van der Waals surface area contributed by atoms with Gasteiger partial charge < -0.3 is 9.47 Å². The zero-order chi connectivity index (χ0) is 10.1. The number of methoxy groups -OCH3 is 2. The van der Waals surface area contributed by atoms with Crippen LogP contribution in [0.1, 0.15) is 32.6 Å². The number of ether oxygens (including phenoxy) is 2. The van der Waals surface area contributed by atoms with E-state index in [4.69, 9.17) is 4.74 Å². The maximum atomic E-state index is 10.9. The molecule has 0 aliphatic heterocycles. The molecular weight excluding hydrogens is 168 g/mol. The molecule has 0 saturated heterocycles. The highest BCUT2D eigenvalue weighted by Crippen LogP contribution is 2.13. The normalized spacial score (nSPS) is 12.5. The maximum Gasteiger partial charge on any atom is 0.305 e.